The lowest BCUT2D eigenvalue weighted by Crippen LogP contribution is -2.08. The van der Waals surface area contributed by atoms with E-state index in [1.165, 1.54) is 32.4 Å². The third-order valence-electron chi connectivity index (χ3n) is 1.86. The third-order valence-corrected chi connectivity index (χ3v) is 1.86. The summed E-state index contributed by atoms with van der Waals surface area (Å²) in [5.74, 6) is 1.000. The second kappa shape index (κ2) is 3.08. The van der Waals surface area contributed by atoms with Crippen LogP contribution in [0.2, 0.25) is 0 Å². The zero-order chi connectivity index (χ0) is 5.82. The predicted molar refractivity (Wildman–Crippen MR) is 35.9 cm³/mol. The van der Waals surface area contributed by atoms with Gasteiger partial charge in [-0.1, -0.05) is 13.3 Å². The van der Waals surface area contributed by atoms with Gasteiger partial charge in [0.25, 0.3) is 0 Å². The van der Waals surface area contributed by atoms with Gasteiger partial charge in [-0.2, -0.15) is 0 Å². The molecule has 0 aliphatic carbocycles. The minimum atomic E-state index is 1.000. The topological polar surface area (TPSA) is 12.0 Å². The van der Waals surface area contributed by atoms with Crippen LogP contribution in [0.1, 0.15) is 26.2 Å². The van der Waals surface area contributed by atoms with E-state index >= 15 is 0 Å². The van der Waals surface area contributed by atoms with Crippen molar-refractivity contribution >= 4 is 0 Å². The van der Waals surface area contributed by atoms with Crippen LogP contribution in [-0.4, -0.2) is 13.1 Å². The van der Waals surface area contributed by atoms with E-state index in [9.17, 15) is 0 Å². The Labute approximate surface area is 51.5 Å². The van der Waals surface area contributed by atoms with Gasteiger partial charge >= 0.3 is 0 Å². The van der Waals surface area contributed by atoms with Gasteiger partial charge in [0.05, 0.1) is 0 Å². The Bertz CT molecular complexity index is 55.4. The summed E-state index contributed by atoms with van der Waals surface area (Å²) in [6, 6.07) is 0. The highest BCUT2D eigenvalue weighted by Gasteiger charge is 2.11. The second-order valence-electron chi connectivity index (χ2n) is 2.65. The highest BCUT2D eigenvalue weighted by Crippen LogP contribution is 2.12. The van der Waals surface area contributed by atoms with E-state index in [0.717, 1.165) is 5.92 Å². The van der Waals surface area contributed by atoms with Crippen molar-refractivity contribution < 1.29 is 0 Å². The molecule has 0 aromatic carbocycles. The van der Waals surface area contributed by atoms with Gasteiger partial charge in [0, 0.05) is 0 Å². The van der Waals surface area contributed by atoms with Crippen LogP contribution in [0.15, 0.2) is 0 Å². The molecule has 1 nitrogen and oxygen atoms in total. The molecule has 1 aliphatic rings. The van der Waals surface area contributed by atoms with E-state index in [0.29, 0.717) is 0 Å². The monoisotopic (exact) mass is 113 g/mol. The molecule has 1 N–H and O–H groups in total. The van der Waals surface area contributed by atoms with Crippen molar-refractivity contribution in [2.24, 2.45) is 5.92 Å². The van der Waals surface area contributed by atoms with Crippen LogP contribution >= 0.6 is 0 Å². The van der Waals surface area contributed by atoms with Gasteiger partial charge in [-0.3, -0.25) is 0 Å². The summed E-state index contributed by atoms with van der Waals surface area (Å²) in [7, 11) is 0. The van der Waals surface area contributed by atoms with Crippen molar-refractivity contribution in [1.29, 1.82) is 0 Å². The molecule has 1 rings (SSSR count). The lowest BCUT2D eigenvalue weighted by atomic mass is 10.0. The molecule has 8 heavy (non-hydrogen) atoms. The molecule has 0 aromatic heterocycles. The van der Waals surface area contributed by atoms with Crippen molar-refractivity contribution in [3.05, 3.63) is 0 Å². The molecule has 0 aromatic rings. The van der Waals surface area contributed by atoms with Gasteiger partial charge in [0.2, 0.25) is 0 Å². The first kappa shape index (κ1) is 6.09. The maximum Gasteiger partial charge on any atom is -0.00200 e. The van der Waals surface area contributed by atoms with Gasteiger partial charge in [-0.25, -0.2) is 0 Å². The van der Waals surface area contributed by atoms with E-state index in [1.807, 2.05) is 0 Å². The number of rotatable bonds is 2. The molecule has 48 valence electrons. The van der Waals surface area contributed by atoms with E-state index < -0.39 is 0 Å². The van der Waals surface area contributed by atoms with Crippen LogP contribution in [0, 0.1) is 5.92 Å². The molecule has 0 radical (unpaired) electrons. The first-order chi connectivity index (χ1) is 3.93. The van der Waals surface area contributed by atoms with E-state index in [1.54, 1.807) is 0 Å². The maximum atomic E-state index is 3.36. The largest absolute Gasteiger partial charge is 0.316 e. The number of hydrogen-bond acceptors (Lipinski definition) is 1. The smallest absolute Gasteiger partial charge is 0.00200 e. The molecule has 1 fully saturated rings. The summed E-state index contributed by atoms with van der Waals surface area (Å²) in [4.78, 5) is 0. The SMILES string of the molecule is CCC[C@@H]1CCNC1. The molecular formula is C7H15N. The quantitative estimate of drug-likeness (QED) is 0.570. The van der Waals surface area contributed by atoms with Crippen LogP contribution in [-0.2, 0) is 0 Å². The Morgan fingerprint density at radius 3 is 3.00 bits per heavy atom. The van der Waals surface area contributed by atoms with Gasteiger partial charge in [-0.15, -0.1) is 0 Å². The Balaban J connectivity index is 2.06. The average molecular weight is 113 g/mol. The average Bonchev–Trinajstić information content (AvgIpc) is 2.19. The van der Waals surface area contributed by atoms with Crippen LogP contribution in [0.4, 0.5) is 0 Å². The molecule has 1 heterocycles. The highest BCUT2D eigenvalue weighted by molar-refractivity contribution is 4.69. The summed E-state index contributed by atoms with van der Waals surface area (Å²) in [5.41, 5.74) is 0. The second-order valence-corrected chi connectivity index (χ2v) is 2.65. The highest BCUT2D eigenvalue weighted by atomic mass is 14.9. The minimum absolute atomic E-state index is 1.000. The van der Waals surface area contributed by atoms with Crippen LogP contribution < -0.4 is 5.32 Å². The minimum Gasteiger partial charge on any atom is -0.316 e. The van der Waals surface area contributed by atoms with Gasteiger partial charge in [0.15, 0.2) is 0 Å². The van der Waals surface area contributed by atoms with Crippen molar-refractivity contribution in [3.63, 3.8) is 0 Å². The van der Waals surface area contributed by atoms with Crippen LogP contribution in [0.3, 0.4) is 0 Å². The van der Waals surface area contributed by atoms with Gasteiger partial charge in [0.1, 0.15) is 0 Å². The van der Waals surface area contributed by atoms with Gasteiger partial charge < -0.3 is 5.32 Å². The summed E-state index contributed by atoms with van der Waals surface area (Å²) in [6.45, 7) is 4.79. The Hall–Kier alpha value is -0.0400. The van der Waals surface area contributed by atoms with E-state index in [-0.39, 0.29) is 0 Å². The lowest BCUT2D eigenvalue weighted by Gasteiger charge is -2.02. The number of hydrogen-bond donors (Lipinski definition) is 1. The summed E-state index contributed by atoms with van der Waals surface area (Å²) >= 11 is 0. The fourth-order valence-corrected chi connectivity index (χ4v) is 1.37. The molecule has 0 spiro atoms. The Kier molecular flexibility index (Phi) is 2.34. The summed E-state index contributed by atoms with van der Waals surface area (Å²) in [6.07, 6.45) is 4.19. The maximum absolute atomic E-state index is 3.36. The fraction of sp³-hybridized carbons (Fsp3) is 1.00. The van der Waals surface area contributed by atoms with Crippen molar-refractivity contribution in [2.75, 3.05) is 13.1 Å². The molecule has 0 saturated carbocycles. The zero-order valence-electron chi connectivity index (χ0n) is 5.61. The molecule has 0 unspecified atom stereocenters. The zero-order valence-corrected chi connectivity index (χ0v) is 5.61. The Morgan fingerprint density at radius 2 is 2.50 bits per heavy atom. The molecule has 1 saturated heterocycles. The van der Waals surface area contributed by atoms with Gasteiger partial charge in [-0.05, 0) is 31.8 Å². The lowest BCUT2D eigenvalue weighted by molar-refractivity contribution is 0.525. The van der Waals surface area contributed by atoms with Crippen molar-refractivity contribution in [1.82, 2.24) is 5.32 Å². The molecular weight excluding hydrogens is 98.1 g/mol. The normalized spacial score (nSPS) is 28.9. The van der Waals surface area contributed by atoms with Crippen LogP contribution in [0.5, 0.6) is 0 Å². The van der Waals surface area contributed by atoms with Crippen LogP contribution in [0.25, 0.3) is 0 Å². The first-order valence-electron chi connectivity index (χ1n) is 3.64. The Morgan fingerprint density at radius 1 is 1.62 bits per heavy atom. The third kappa shape index (κ3) is 1.48. The first-order valence-corrected chi connectivity index (χ1v) is 3.64. The summed E-state index contributed by atoms with van der Waals surface area (Å²) < 4.78 is 0. The van der Waals surface area contributed by atoms with E-state index in [4.69, 9.17) is 0 Å². The number of nitrogens with one attached hydrogen (secondary N) is 1. The molecule has 1 heteroatoms. The molecule has 1 atom stereocenters. The predicted octanol–water partition coefficient (Wildman–Crippen LogP) is 1.40. The van der Waals surface area contributed by atoms with E-state index in [2.05, 4.69) is 12.2 Å². The van der Waals surface area contributed by atoms with Crippen molar-refractivity contribution in [2.45, 2.75) is 26.2 Å². The fourth-order valence-electron chi connectivity index (χ4n) is 1.37. The molecule has 0 bridgehead atoms. The summed E-state index contributed by atoms with van der Waals surface area (Å²) in [5, 5.41) is 3.36. The molecule has 0 amide bonds. The van der Waals surface area contributed by atoms with Crippen molar-refractivity contribution in [3.8, 4) is 0 Å². The molecule has 1 aliphatic heterocycles. The standard InChI is InChI=1S/C7H15N/c1-2-3-7-4-5-8-6-7/h7-8H,2-6H2,1H3/t7-/m1/s1.